The van der Waals surface area contributed by atoms with Crippen LogP contribution >= 0.6 is 0 Å². The van der Waals surface area contributed by atoms with Crippen LogP contribution in [-0.4, -0.2) is 43.3 Å². The highest BCUT2D eigenvalue weighted by Crippen LogP contribution is 2.45. The van der Waals surface area contributed by atoms with Crippen LogP contribution in [0.4, 0.5) is 0 Å². The highest BCUT2D eigenvalue weighted by molar-refractivity contribution is 5.58. The van der Waals surface area contributed by atoms with Gasteiger partial charge >= 0.3 is 0 Å². The maximum Gasteiger partial charge on any atom is 0.190 e. The van der Waals surface area contributed by atoms with Gasteiger partial charge < -0.3 is 23.7 Å². The molecule has 1 aliphatic carbocycles. The molecule has 1 saturated carbocycles. The van der Waals surface area contributed by atoms with Crippen LogP contribution in [0.25, 0.3) is 0 Å². The SMILES string of the molecule is CCCCCCCCCCCCCCCCCCO[C@H]1[C@H]2OC3(CCCCC3)O[C@H]2O[C@@H]1C=O. The number of ether oxygens (including phenoxy) is 4. The Balaban J connectivity index is 1.14. The fourth-order valence-electron chi connectivity index (χ4n) is 5.85. The van der Waals surface area contributed by atoms with E-state index in [1.807, 2.05) is 0 Å². The van der Waals surface area contributed by atoms with Gasteiger partial charge in [-0.2, -0.15) is 0 Å². The first kappa shape index (κ1) is 28.1. The summed E-state index contributed by atoms with van der Waals surface area (Å²) in [4.78, 5) is 11.5. The fraction of sp³-hybridized carbons (Fsp3) is 0.966. The average Bonchev–Trinajstić information content (AvgIpc) is 3.35. The lowest BCUT2D eigenvalue weighted by Gasteiger charge is -2.33. The van der Waals surface area contributed by atoms with Gasteiger partial charge in [-0.3, -0.25) is 0 Å². The van der Waals surface area contributed by atoms with Crippen LogP contribution in [0, 0.1) is 0 Å². The van der Waals surface area contributed by atoms with E-state index in [0.717, 1.165) is 38.4 Å². The predicted molar refractivity (Wildman–Crippen MR) is 136 cm³/mol. The molecule has 5 heteroatoms. The van der Waals surface area contributed by atoms with Gasteiger partial charge in [0.1, 0.15) is 18.3 Å². The minimum absolute atomic E-state index is 0.269. The molecule has 4 atom stereocenters. The quantitative estimate of drug-likeness (QED) is 0.140. The number of aldehydes is 1. The molecule has 3 aliphatic rings. The molecule has 2 aliphatic heterocycles. The molecule has 0 radical (unpaired) electrons. The second kappa shape index (κ2) is 16.3. The highest BCUT2D eigenvalue weighted by Gasteiger charge is 2.58. The molecule has 3 rings (SSSR count). The third-order valence-electron chi connectivity index (χ3n) is 7.95. The van der Waals surface area contributed by atoms with Crippen molar-refractivity contribution in [1.29, 1.82) is 0 Å². The van der Waals surface area contributed by atoms with Gasteiger partial charge in [-0.1, -0.05) is 110 Å². The van der Waals surface area contributed by atoms with Crippen LogP contribution in [0.2, 0.25) is 0 Å². The Morgan fingerprint density at radius 1 is 0.735 bits per heavy atom. The molecule has 0 unspecified atom stereocenters. The van der Waals surface area contributed by atoms with E-state index in [4.69, 9.17) is 18.9 Å². The molecule has 1 spiro atoms. The molecule has 0 aromatic heterocycles. The topological polar surface area (TPSA) is 54.0 Å². The second-order valence-corrected chi connectivity index (χ2v) is 10.9. The van der Waals surface area contributed by atoms with Gasteiger partial charge in [0.05, 0.1) is 0 Å². The summed E-state index contributed by atoms with van der Waals surface area (Å²) in [5.41, 5.74) is 0. The van der Waals surface area contributed by atoms with Gasteiger partial charge in [0.15, 0.2) is 18.4 Å². The van der Waals surface area contributed by atoms with Gasteiger partial charge in [-0.05, 0) is 19.3 Å². The van der Waals surface area contributed by atoms with Crippen molar-refractivity contribution in [2.45, 2.75) is 172 Å². The fourth-order valence-corrected chi connectivity index (χ4v) is 5.85. The van der Waals surface area contributed by atoms with Gasteiger partial charge in [0.2, 0.25) is 0 Å². The molecule has 0 aromatic carbocycles. The Morgan fingerprint density at radius 2 is 1.26 bits per heavy atom. The maximum absolute atomic E-state index is 11.5. The van der Waals surface area contributed by atoms with Crippen LogP contribution < -0.4 is 0 Å². The summed E-state index contributed by atoms with van der Waals surface area (Å²) < 4.78 is 24.4. The van der Waals surface area contributed by atoms with Crippen LogP contribution in [0.5, 0.6) is 0 Å². The Morgan fingerprint density at radius 3 is 1.79 bits per heavy atom. The van der Waals surface area contributed by atoms with E-state index in [1.165, 1.54) is 103 Å². The van der Waals surface area contributed by atoms with Crippen molar-refractivity contribution in [3.63, 3.8) is 0 Å². The summed E-state index contributed by atoms with van der Waals surface area (Å²) in [6.07, 6.45) is 26.3. The number of unbranched alkanes of at least 4 members (excludes halogenated alkanes) is 15. The van der Waals surface area contributed by atoms with Crippen molar-refractivity contribution in [2.75, 3.05) is 6.61 Å². The molecular weight excluding hydrogens is 428 g/mol. The monoisotopic (exact) mass is 480 g/mol. The lowest BCUT2D eigenvalue weighted by molar-refractivity contribution is -0.245. The standard InChI is InChI=1S/C29H52O5/c1-2-3-4-5-6-7-8-9-10-11-12-13-14-15-16-20-23-31-26-25(24-30)32-28-27(26)33-29(34-28)21-18-17-19-22-29/h24-28H,2-23H2,1H3/t25-,26-,27-,28-/m1/s1. The lowest BCUT2D eigenvalue weighted by Crippen LogP contribution is -2.40. The molecule has 3 fully saturated rings. The van der Waals surface area contributed by atoms with Crippen molar-refractivity contribution >= 4 is 6.29 Å². The molecule has 2 saturated heterocycles. The highest BCUT2D eigenvalue weighted by atomic mass is 16.8. The van der Waals surface area contributed by atoms with E-state index < -0.39 is 18.2 Å². The number of carbonyl (C=O) groups excluding carboxylic acids is 1. The minimum Gasteiger partial charge on any atom is -0.372 e. The molecule has 198 valence electrons. The predicted octanol–water partition coefficient (Wildman–Crippen LogP) is 7.63. The first-order chi connectivity index (χ1) is 16.8. The van der Waals surface area contributed by atoms with Crippen LogP contribution in [0.15, 0.2) is 0 Å². The summed E-state index contributed by atoms with van der Waals surface area (Å²) >= 11 is 0. The summed E-state index contributed by atoms with van der Waals surface area (Å²) in [5.74, 6) is -0.503. The van der Waals surface area contributed by atoms with E-state index in [-0.39, 0.29) is 12.2 Å². The average molecular weight is 481 g/mol. The van der Waals surface area contributed by atoms with E-state index in [0.29, 0.717) is 6.61 Å². The van der Waals surface area contributed by atoms with Crippen molar-refractivity contribution in [1.82, 2.24) is 0 Å². The normalized spacial score (nSPS) is 27.9. The Hall–Kier alpha value is -0.490. The zero-order valence-electron chi connectivity index (χ0n) is 22.0. The molecule has 2 heterocycles. The maximum atomic E-state index is 11.5. The number of hydrogen-bond donors (Lipinski definition) is 0. The van der Waals surface area contributed by atoms with Crippen LogP contribution in [0.1, 0.15) is 142 Å². The zero-order chi connectivity index (χ0) is 23.9. The zero-order valence-corrected chi connectivity index (χ0v) is 22.0. The van der Waals surface area contributed by atoms with Crippen LogP contribution in [0.3, 0.4) is 0 Å². The number of hydrogen-bond acceptors (Lipinski definition) is 5. The minimum atomic E-state index is -0.572. The summed E-state index contributed by atoms with van der Waals surface area (Å²) in [7, 11) is 0. The van der Waals surface area contributed by atoms with E-state index in [2.05, 4.69) is 6.92 Å². The molecule has 34 heavy (non-hydrogen) atoms. The summed E-state index contributed by atoms with van der Waals surface area (Å²) in [6.45, 7) is 2.95. The van der Waals surface area contributed by atoms with E-state index in [9.17, 15) is 4.79 Å². The Kier molecular flexibility index (Phi) is 13.5. The number of fused-ring (bicyclic) bond motifs is 1. The lowest BCUT2D eigenvalue weighted by atomic mass is 9.94. The van der Waals surface area contributed by atoms with Gasteiger partial charge in [0.25, 0.3) is 0 Å². The van der Waals surface area contributed by atoms with Crippen molar-refractivity contribution in [3.8, 4) is 0 Å². The van der Waals surface area contributed by atoms with Gasteiger partial charge in [-0.15, -0.1) is 0 Å². The number of rotatable bonds is 19. The van der Waals surface area contributed by atoms with Crippen LogP contribution in [-0.2, 0) is 23.7 Å². The van der Waals surface area contributed by atoms with Gasteiger partial charge in [-0.25, -0.2) is 0 Å². The smallest absolute Gasteiger partial charge is 0.190 e. The number of carbonyl (C=O) groups is 1. The Bertz CT molecular complexity index is 533. The first-order valence-electron chi connectivity index (χ1n) is 14.9. The second-order valence-electron chi connectivity index (χ2n) is 10.9. The third kappa shape index (κ3) is 9.19. The first-order valence-corrected chi connectivity index (χ1v) is 14.9. The Labute approximate surface area is 209 Å². The van der Waals surface area contributed by atoms with Crippen molar-refractivity contribution in [2.24, 2.45) is 0 Å². The molecule has 0 N–H and O–H groups in total. The van der Waals surface area contributed by atoms with Crippen molar-refractivity contribution in [3.05, 3.63) is 0 Å². The largest absolute Gasteiger partial charge is 0.372 e. The molecule has 0 bridgehead atoms. The molecule has 0 aromatic rings. The van der Waals surface area contributed by atoms with Crippen molar-refractivity contribution < 1.29 is 23.7 Å². The summed E-state index contributed by atoms with van der Waals surface area (Å²) in [6, 6.07) is 0. The molecule has 5 nitrogen and oxygen atoms in total. The summed E-state index contributed by atoms with van der Waals surface area (Å²) in [5, 5.41) is 0. The van der Waals surface area contributed by atoms with Gasteiger partial charge in [0, 0.05) is 19.4 Å². The van der Waals surface area contributed by atoms with E-state index in [1.54, 1.807) is 0 Å². The van der Waals surface area contributed by atoms with E-state index >= 15 is 0 Å². The molecular formula is C29H52O5. The molecule has 0 amide bonds. The third-order valence-corrected chi connectivity index (χ3v) is 7.95.